The number of pyridine rings is 1. The van der Waals surface area contributed by atoms with Crippen LogP contribution >= 0.6 is 11.6 Å². The molecule has 0 aliphatic carbocycles. The lowest BCUT2D eigenvalue weighted by molar-refractivity contribution is 0.0990. The van der Waals surface area contributed by atoms with Crippen LogP contribution in [0.3, 0.4) is 0 Å². The fourth-order valence-electron chi connectivity index (χ4n) is 2.05. The molecule has 0 unspecified atom stereocenters. The van der Waals surface area contributed by atoms with Gasteiger partial charge in [-0.05, 0) is 25.0 Å². The highest BCUT2D eigenvalue weighted by Crippen LogP contribution is 2.22. The Morgan fingerprint density at radius 2 is 2.21 bits per heavy atom. The van der Waals surface area contributed by atoms with Crippen molar-refractivity contribution >= 4 is 17.4 Å². The van der Waals surface area contributed by atoms with Gasteiger partial charge in [0.05, 0.1) is 22.8 Å². The summed E-state index contributed by atoms with van der Waals surface area (Å²) in [5, 5.41) is 4.92. The molecule has 19 heavy (non-hydrogen) atoms. The Morgan fingerprint density at radius 3 is 2.79 bits per heavy atom. The standard InChI is InChI=1S/C14H16ClN3O/c1-4-11-14(15)12(18(3)17-11)7-13(19)10-5-6-16-8-9(10)2/h5-6,8H,4,7H2,1-3H3. The second-order valence-electron chi connectivity index (χ2n) is 4.48. The average Bonchev–Trinajstić information content (AvgIpc) is 2.66. The highest BCUT2D eigenvalue weighted by atomic mass is 35.5. The first-order chi connectivity index (χ1) is 9.04. The van der Waals surface area contributed by atoms with Crippen molar-refractivity contribution in [2.45, 2.75) is 26.7 Å². The van der Waals surface area contributed by atoms with Gasteiger partial charge >= 0.3 is 0 Å². The van der Waals surface area contributed by atoms with E-state index in [-0.39, 0.29) is 12.2 Å². The number of hydrogen-bond acceptors (Lipinski definition) is 3. The summed E-state index contributed by atoms with van der Waals surface area (Å²) in [4.78, 5) is 16.3. The van der Waals surface area contributed by atoms with E-state index in [0.29, 0.717) is 10.6 Å². The summed E-state index contributed by atoms with van der Waals surface area (Å²) in [5.41, 5.74) is 3.16. The van der Waals surface area contributed by atoms with Crippen molar-refractivity contribution in [3.05, 3.63) is 46.0 Å². The van der Waals surface area contributed by atoms with Crippen LogP contribution in [0.1, 0.15) is 34.2 Å². The molecule has 2 rings (SSSR count). The van der Waals surface area contributed by atoms with Crippen LogP contribution < -0.4 is 0 Å². The van der Waals surface area contributed by atoms with Crippen molar-refractivity contribution in [2.75, 3.05) is 0 Å². The molecule has 0 saturated heterocycles. The van der Waals surface area contributed by atoms with Gasteiger partial charge in [0.1, 0.15) is 0 Å². The maximum atomic E-state index is 12.3. The number of ketones is 1. The lowest BCUT2D eigenvalue weighted by atomic mass is 10.0. The third-order valence-corrected chi connectivity index (χ3v) is 3.59. The molecule has 0 aromatic carbocycles. The number of rotatable bonds is 4. The predicted octanol–water partition coefficient (Wildman–Crippen LogP) is 2.76. The number of carbonyl (C=O) groups excluding carboxylic acids is 1. The Labute approximate surface area is 117 Å². The minimum Gasteiger partial charge on any atom is -0.294 e. The van der Waals surface area contributed by atoms with E-state index in [1.54, 1.807) is 23.1 Å². The normalized spacial score (nSPS) is 10.7. The largest absolute Gasteiger partial charge is 0.294 e. The van der Waals surface area contributed by atoms with Crippen molar-refractivity contribution in [1.29, 1.82) is 0 Å². The van der Waals surface area contributed by atoms with Crippen LogP contribution in [0.4, 0.5) is 0 Å². The first-order valence-electron chi connectivity index (χ1n) is 6.18. The summed E-state index contributed by atoms with van der Waals surface area (Å²) >= 11 is 6.25. The second kappa shape index (κ2) is 5.53. The van der Waals surface area contributed by atoms with E-state index in [1.807, 2.05) is 20.9 Å². The Kier molecular flexibility index (Phi) is 4.00. The molecule has 2 heterocycles. The van der Waals surface area contributed by atoms with Gasteiger partial charge in [0.2, 0.25) is 0 Å². The van der Waals surface area contributed by atoms with Crippen molar-refractivity contribution in [3.63, 3.8) is 0 Å². The van der Waals surface area contributed by atoms with E-state index < -0.39 is 0 Å². The van der Waals surface area contributed by atoms with Crippen LogP contribution in [0.5, 0.6) is 0 Å². The number of Topliss-reactive ketones (excluding diaryl/α,β-unsaturated/α-hetero) is 1. The topological polar surface area (TPSA) is 47.8 Å². The predicted molar refractivity (Wildman–Crippen MR) is 74.6 cm³/mol. The zero-order valence-electron chi connectivity index (χ0n) is 11.3. The Bertz CT molecular complexity index is 619. The molecule has 2 aromatic heterocycles. The number of halogens is 1. The van der Waals surface area contributed by atoms with E-state index >= 15 is 0 Å². The van der Waals surface area contributed by atoms with Crippen LogP contribution in [0.15, 0.2) is 18.5 Å². The quantitative estimate of drug-likeness (QED) is 0.808. The van der Waals surface area contributed by atoms with Gasteiger partial charge in [-0.2, -0.15) is 5.10 Å². The number of carbonyl (C=O) groups is 1. The summed E-state index contributed by atoms with van der Waals surface area (Å²) in [6.45, 7) is 3.87. The van der Waals surface area contributed by atoms with Crippen LogP contribution in [-0.2, 0) is 19.9 Å². The lowest BCUT2D eigenvalue weighted by Gasteiger charge is -2.05. The maximum absolute atomic E-state index is 12.3. The number of aromatic nitrogens is 3. The zero-order valence-corrected chi connectivity index (χ0v) is 12.0. The van der Waals surface area contributed by atoms with Crippen LogP contribution in [-0.4, -0.2) is 20.5 Å². The van der Waals surface area contributed by atoms with Crippen molar-refractivity contribution in [3.8, 4) is 0 Å². The second-order valence-corrected chi connectivity index (χ2v) is 4.85. The van der Waals surface area contributed by atoms with Crippen LogP contribution in [0, 0.1) is 6.92 Å². The molecule has 100 valence electrons. The summed E-state index contributed by atoms with van der Waals surface area (Å²) in [6, 6.07) is 1.74. The smallest absolute Gasteiger partial charge is 0.169 e. The van der Waals surface area contributed by atoms with Gasteiger partial charge in [0.25, 0.3) is 0 Å². The van der Waals surface area contributed by atoms with Gasteiger partial charge in [-0.1, -0.05) is 18.5 Å². The lowest BCUT2D eigenvalue weighted by Crippen LogP contribution is -2.09. The molecule has 0 aliphatic rings. The molecule has 0 spiro atoms. The Morgan fingerprint density at radius 1 is 1.47 bits per heavy atom. The van der Waals surface area contributed by atoms with Gasteiger partial charge in [0.15, 0.2) is 5.78 Å². The third kappa shape index (κ3) is 2.68. The molecular formula is C14H16ClN3O. The Balaban J connectivity index is 2.30. The SMILES string of the molecule is CCc1nn(C)c(CC(=O)c2ccncc2C)c1Cl. The molecule has 0 bridgehead atoms. The fourth-order valence-corrected chi connectivity index (χ4v) is 2.41. The molecule has 0 atom stereocenters. The maximum Gasteiger partial charge on any atom is 0.169 e. The first-order valence-corrected chi connectivity index (χ1v) is 6.56. The summed E-state index contributed by atoms with van der Waals surface area (Å²) in [7, 11) is 1.81. The van der Waals surface area contributed by atoms with E-state index in [0.717, 1.165) is 23.4 Å². The van der Waals surface area contributed by atoms with E-state index in [4.69, 9.17) is 11.6 Å². The molecule has 0 fully saturated rings. The van der Waals surface area contributed by atoms with Gasteiger partial charge in [0, 0.05) is 25.0 Å². The van der Waals surface area contributed by atoms with E-state index in [9.17, 15) is 4.79 Å². The third-order valence-electron chi connectivity index (χ3n) is 3.15. The van der Waals surface area contributed by atoms with Crippen LogP contribution in [0.25, 0.3) is 0 Å². The van der Waals surface area contributed by atoms with Gasteiger partial charge in [-0.3, -0.25) is 14.5 Å². The molecular weight excluding hydrogens is 262 g/mol. The molecule has 2 aromatic rings. The van der Waals surface area contributed by atoms with E-state index in [1.165, 1.54) is 0 Å². The molecule has 0 radical (unpaired) electrons. The minimum absolute atomic E-state index is 0.0347. The molecule has 0 amide bonds. The summed E-state index contributed by atoms with van der Waals surface area (Å²) in [6.07, 6.45) is 4.33. The molecule has 0 aliphatic heterocycles. The molecule has 0 N–H and O–H groups in total. The van der Waals surface area contributed by atoms with Gasteiger partial charge in [-0.15, -0.1) is 0 Å². The first kappa shape index (κ1) is 13.7. The van der Waals surface area contributed by atoms with E-state index in [2.05, 4.69) is 10.1 Å². The number of aryl methyl sites for hydroxylation is 3. The monoisotopic (exact) mass is 277 g/mol. The molecule has 4 nitrogen and oxygen atoms in total. The summed E-state index contributed by atoms with van der Waals surface area (Å²) < 4.78 is 1.69. The average molecular weight is 278 g/mol. The van der Waals surface area contributed by atoms with Gasteiger partial charge < -0.3 is 0 Å². The fraction of sp³-hybridized carbons (Fsp3) is 0.357. The highest BCUT2D eigenvalue weighted by molar-refractivity contribution is 6.32. The highest BCUT2D eigenvalue weighted by Gasteiger charge is 2.18. The van der Waals surface area contributed by atoms with Gasteiger partial charge in [-0.25, -0.2) is 0 Å². The molecule has 0 saturated carbocycles. The summed E-state index contributed by atoms with van der Waals surface area (Å²) in [5.74, 6) is 0.0347. The zero-order chi connectivity index (χ0) is 14.0. The van der Waals surface area contributed by atoms with Crippen molar-refractivity contribution < 1.29 is 4.79 Å². The Hall–Kier alpha value is -1.68. The number of nitrogens with zero attached hydrogens (tertiary/aromatic N) is 3. The van der Waals surface area contributed by atoms with Crippen LogP contribution in [0.2, 0.25) is 5.02 Å². The molecule has 5 heteroatoms. The number of hydrogen-bond donors (Lipinski definition) is 0. The minimum atomic E-state index is 0.0347. The van der Waals surface area contributed by atoms with Crippen molar-refractivity contribution in [1.82, 2.24) is 14.8 Å². The van der Waals surface area contributed by atoms with Crippen molar-refractivity contribution in [2.24, 2.45) is 7.05 Å².